The van der Waals surface area contributed by atoms with E-state index >= 15 is 0 Å². The van der Waals surface area contributed by atoms with Crippen LogP contribution in [0.25, 0.3) is 67.7 Å². The summed E-state index contributed by atoms with van der Waals surface area (Å²) in [4.78, 5) is 23.7. The van der Waals surface area contributed by atoms with Crippen molar-refractivity contribution in [3.63, 3.8) is 0 Å². The fourth-order valence-electron chi connectivity index (χ4n) is 6.28. The van der Waals surface area contributed by atoms with Gasteiger partial charge in [0.15, 0.2) is 17.5 Å². The van der Waals surface area contributed by atoms with E-state index in [4.69, 9.17) is 19.9 Å². The smallest absolute Gasteiger partial charge is 0.164 e. The van der Waals surface area contributed by atoms with Crippen molar-refractivity contribution < 1.29 is 0 Å². The summed E-state index contributed by atoms with van der Waals surface area (Å²) in [5, 5.41) is 0. The Labute approximate surface area is 262 Å². The molecule has 1 aliphatic carbocycles. The molecule has 5 heteroatoms. The third kappa shape index (κ3) is 4.79. The summed E-state index contributed by atoms with van der Waals surface area (Å²) in [5.41, 5.74) is 12.0. The predicted molar refractivity (Wildman–Crippen MR) is 180 cm³/mol. The van der Waals surface area contributed by atoms with Gasteiger partial charge in [0.2, 0.25) is 0 Å². The van der Waals surface area contributed by atoms with Gasteiger partial charge < -0.3 is 0 Å². The highest BCUT2D eigenvalue weighted by Gasteiger charge is 2.36. The minimum atomic E-state index is -0.130. The van der Waals surface area contributed by atoms with Crippen LogP contribution in [0.4, 0.5) is 0 Å². The number of rotatable bonds is 5. The van der Waals surface area contributed by atoms with Crippen LogP contribution in [0.3, 0.4) is 0 Å². The average molecular weight is 580 g/mol. The SMILES string of the molecule is CC1(C)c2ccc(-c3ccc(-c4ccncc4)nc3)cc2-c2cc(-c3nc(-c4ccccc4)nc(-c4ccccc4)n3)ccc21. The summed E-state index contributed by atoms with van der Waals surface area (Å²) in [5.74, 6) is 1.97. The Hall–Kier alpha value is -5.81. The number of fused-ring (bicyclic) bond motifs is 3. The maximum absolute atomic E-state index is 4.98. The Balaban J connectivity index is 1.23. The van der Waals surface area contributed by atoms with Crippen molar-refractivity contribution in [2.45, 2.75) is 19.3 Å². The van der Waals surface area contributed by atoms with Gasteiger partial charge in [-0.2, -0.15) is 0 Å². The van der Waals surface area contributed by atoms with Crippen molar-refractivity contribution >= 4 is 0 Å². The second kappa shape index (κ2) is 10.7. The minimum Gasteiger partial charge on any atom is -0.265 e. The van der Waals surface area contributed by atoms with Crippen LogP contribution in [0.1, 0.15) is 25.0 Å². The molecule has 3 heterocycles. The topological polar surface area (TPSA) is 64.5 Å². The fourth-order valence-corrected chi connectivity index (χ4v) is 6.28. The van der Waals surface area contributed by atoms with E-state index in [2.05, 4.69) is 67.4 Å². The number of nitrogens with zero attached hydrogens (tertiary/aromatic N) is 5. The van der Waals surface area contributed by atoms with E-state index in [0.717, 1.165) is 39.1 Å². The van der Waals surface area contributed by atoms with E-state index in [1.54, 1.807) is 12.4 Å². The van der Waals surface area contributed by atoms with Gasteiger partial charge in [0.1, 0.15) is 0 Å². The second-order valence-electron chi connectivity index (χ2n) is 11.9. The largest absolute Gasteiger partial charge is 0.265 e. The first-order chi connectivity index (χ1) is 22.0. The highest BCUT2D eigenvalue weighted by molar-refractivity contribution is 5.87. The quantitative estimate of drug-likeness (QED) is 0.203. The Morgan fingerprint density at radius 3 is 1.51 bits per heavy atom. The van der Waals surface area contributed by atoms with Gasteiger partial charge in [-0.15, -0.1) is 0 Å². The summed E-state index contributed by atoms with van der Waals surface area (Å²) < 4.78 is 0. The lowest BCUT2D eigenvalue weighted by Gasteiger charge is -2.21. The van der Waals surface area contributed by atoms with Crippen LogP contribution in [0.5, 0.6) is 0 Å². The molecule has 0 bridgehead atoms. The zero-order chi connectivity index (χ0) is 30.4. The first-order valence-electron chi connectivity index (χ1n) is 15.1. The molecule has 45 heavy (non-hydrogen) atoms. The Morgan fingerprint density at radius 1 is 0.444 bits per heavy atom. The third-order valence-electron chi connectivity index (χ3n) is 8.71. The third-order valence-corrected chi connectivity index (χ3v) is 8.71. The first-order valence-corrected chi connectivity index (χ1v) is 15.1. The lowest BCUT2D eigenvalue weighted by molar-refractivity contribution is 0.660. The van der Waals surface area contributed by atoms with Gasteiger partial charge in [0, 0.05) is 51.8 Å². The maximum atomic E-state index is 4.98. The summed E-state index contributed by atoms with van der Waals surface area (Å²) in [6, 6.07) is 41.8. The molecule has 7 aromatic rings. The number of aromatic nitrogens is 5. The number of hydrogen-bond acceptors (Lipinski definition) is 5. The lowest BCUT2D eigenvalue weighted by atomic mass is 9.82. The molecular weight excluding hydrogens is 550 g/mol. The minimum absolute atomic E-state index is 0.130. The molecule has 0 saturated heterocycles. The van der Waals surface area contributed by atoms with Gasteiger partial charge in [-0.1, -0.05) is 105 Å². The summed E-state index contributed by atoms with van der Waals surface area (Å²) in [7, 11) is 0. The van der Waals surface area contributed by atoms with E-state index in [1.165, 1.54) is 22.3 Å². The van der Waals surface area contributed by atoms with Gasteiger partial charge in [-0.3, -0.25) is 9.97 Å². The number of hydrogen-bond donors (Lipinski definition) is 0. The Morgan fingerprint density at radius 2 is 0.956 bits per heavy atom. The molecule has 0 unspecified atom stereocenters. The van der Waals surface area contributed by atoms with E-state index in [9.17, 15) is 0 Å². The highest BCUT2D eigenvalue weighted by atomic mass is 15.0. The van der Waals surface area contributed by atoms with Crippen molar-refractivity contribution in [3.8, 4) is 67.7 Å². The van der Waals surface area contributed by atoms with Crippen LogP contribution in [-0.4, -0.2) is 24.9 Å². The zero-order valence-electron chi connectivity index (χ0n) is 25.0. The predicted octanol–water partition coefficient (Wildman–Crippen LogP) is 9.30. The fraction of sp³-hybridized carbons (Fsp3) is 0.0750. The molecular formula is C40H29N5. The molecule has 8 rings (SSSR count). The van der Waals surface area contributed by atoms with Crippen molar-refractivity contribution in [2.24, 2.45) is 0 Å². The zero-order valence-corrected chi connectivity index (χ0v) is 25.0. The summed E-state index contributed by atoms with van der Waals surface area (Å²) in [6.45, 7) is 4.60. The van der Waals surface area contributed by atoms with E-state index in [0.29, 0.717) is 17.5 Å². The molecule has 0 N–H and O–H groups in total. The highest BCUT2D eigenvalue weighted by Crippen LogP contribution is 2.50. The first kappa shape index (κ1) is 26.8. The van der Waals surface area contributed by atoms with Crippen LogP contribution in [0, 0.1) is 0 Å². The maximum Gasteiger partial charge on any atom is 0.164 e. The molecule has 0 saturated carbocycles. The normalized spacial score (nSPS) is 12.8. The number of pyridine rings is 2. The van der Waals surface area contributed by atoms with Gasteiger partial charge in [0.05, 0.1) is 5.69 Å². The van der Waals surface area contributed by atoms with Crippen LogP contribution in [-0.2, 0) is 5.41 Å². The molecule has 0 aliphatic heterocycles. The monoisotopic (exact) mass is 579 g/mol. The molecule has 5 nitrogen and oxygen atoms in total. The van der Waals surface area contributed by atoms with Crippen LogP contribution >= 0.6 is 0 Å². The Bertz CT molecular complexity index is 2100. The van der Waals surface area contributed by atoms with Crippen molar-refractivity contribution in [1.29, 1.82) is 0 Å². The van der Waals surface area contributed by atoms with Gasteiger partial charge in [0.25, 0.3) is 0 Å². The summed E-state index contributed by atoms with van der Waals surface area (Å²) in [6.07, 6.45) is 5.54. The van der Waals surface area contributed by atoms with Crippen molar-refractivity contribution in [3.05, 3.63) is 151 Å². The van der Waals surface area contributed by atoms with E-state index < -0.39 is 0 Å². The summed E-state index contributed by atoms with van der Waals surface area (Å²) >= 11 is 0. The van der Waals surface area contributed by atoms with Crippen LogP contribution in [0.15, 0.2) is 140 Å². The lowest BCUT2D eigenvalue weighted by Crippen LogP contribution is -2.14. The number of benzene rings is 4. The van der Waals surface area contributed by atoms with E-state index in [-0.39, 0.29) is 5.41 Å². The second-order valence-corrected chi connectivity index (χ2v) is 11.9. The van der Waals surface area contributed by atoms with Gasteiger partial charge >= 0.3 is 0 Å². The molecule has 4 aromatic carbocycles. The Kier molecular flexibility index (Phi) is 6.38. The standard InChI is InChI=1S/C40H29N5/c1-40(2)34-16-13-29(31-15-18-36(42-25-31)26-19-21-41-22-20-26)23-32(34)33-24-30(14-17-35(33)40)39-44-37(27-9-5-3-6-10-27)43-38(45-39)28-11-7-4-8-12-28/h3-25H,1-2H3. The molecule has 0 radical (unpaired) electrons. The van der Waals surface area contributed by atoms with Gasteiger partial charge in [-0.05, 0) is 58.1 Å². The van der Waals surface area contributed by atoms with Gasteiger partial charge in [-0.25, -0.2) is 15.0 Å². The molecule has 0 atom stereocenters. The molecule has 3 aromatic heterocycles. The van der Waals surface area contributed by atoms with Crippen molar-refractivity contribution in [2.75, 3.05) is 0 Å². The molecule has 0 fully saturated rings. The van der Waals surface area contributed by atoms with Crippen LogP contribution in [0.2, 0.25) is 0 Å². The van der Waals surface area contributed by atoms with Crippen LogP contribution < -0.4 is 0 Å². The molecule has 0 amide bonds. The average Bonchev–Trinajstić information content (AvgIpc) is 3.34. The molecule has 0 spiro atoms. The van der Waals surface area contributed by atoms with Crippen molar-refractivity contribution in [1.82, 2.24) is 24.9 Å². The van der Waals surface area contributed by atoms with E-state index in [1.807, 2.05) is 79.0 Å². The molecule has 1 aliphatic rings. The molecule has 214 valence electrons.